The Morgan fingerprint density at radius 3 is 2.85 bits per heavy atom. The van der Waals surface area contributed by atoms with E-state index in [4.69, 9.17) is 9.05 Å². The fourth-order valence-corrected chi connectivity index (χ4v) is 3.45. The maximum atomic E-state index is 5.42. The van der Waals surface area contributed by atoms with Gasteiger partial charge in [-0.3, -0.25) is 0 Å². The van der Waals surface area contributed by atoms with Crippen LogP contribution in [0.5, 0.6) is 0 Å². The molecule has 106 valence electrons. The molecule has 2 aliphatic carbocycles. The van der Waals surface area contributed by atoms with Crippen molar-refractivity contribution >= 4 is 11.8 Å². The first-order chi connectivity index (χ1) is 9.90. The molecule has 0 bridgehead atoms. The highest BCUT2D eigenvalue weighted by atomic mass is 32.2. The molecule has 2 aromatic rings. The molecular formula is C14H17N3O2S. The summed E-state index contributed by atoms with van der Waals surface area (Å²) >= 11 is 1.77. The summed E-state index contributed by atoms with van der Waals surface area (Å²) in [7, 11) is 0. The van der Waals surface area contributed by atoms with Crippen LogP contribution in [0.25, 0.3) is 0 Å². The van der Waals surface area contributed by atoms with Gasteiger partial charge in [0.1, 0.15) is 5.76 Å². The maximum absolute atomic E-state index is 5.42. The van der Waals surface area contributed by atoms with Gasteiger partial charge in [-0.15, -0.1) is 11.8 Å². The van der Waals surface area contributed by atoms with Gasteiger partial charge in [0.15, 0.2) is 5.82 Å². The number of thioether (sulfide) groups is 1. The standard InChI is InChI=1S/C14H17N3O2S/c1-2-4-12-10(3-1)11(16-18-12)7-20-8-13-15-14(19-17-13)9-5-6-9/h9H,1-8H2. The van der Waals surface area contributed by atoms with Crippen LogP contribution < -0.4 is 0 Å². The molecule has 2 heterocycles. The summed E-state index contributed by atoms with van der Waals surface area (Å²) in [6.45, 7) is 0. The van der Waals surface area contributed by atoms with Crippen molar-refractivity contribution in [3.63, 3.8) is 0 Å². The van der Waals surface area contributed by atoms with Crippen LogP contribution in [0.4, 0.5) is 0 Å². The van der Waals surface area contributed by atoms with Gasteiger partial charge in [-0.25, -0.2) is 0 Å². The van der Waals surface area contributed by atoms with Crippen molar-refractivity contribution < 1.29 is 9.05 Å². The molecule has 2 aliphatic rings. The van der Waals surface area contributed by atoms with E-state index < -0.39 is 0 Å². The predicted octanol–water partition coefficient (Wildman–Crippen LogP) is 3.25. The van der Waals surface area contributed by atoms with E-state index >= 15 is 0 Å². The zero-order valence-electron chi connectivity index (χ0n) is 11.3. The maximum Gasteiger partial charge on any atom is 0.229 e. The van der Waals surface area contributed by atoms with Crippen LogP contribution in [-0.2, 0) is 24.3 Å². The molecule has 0 N–H and O–H groups in total. The molecule has 20 heavy (non-hydrogen) atoms. The van der Waals surface area contributed by atoms with Crippen LogP contribution >= 0.6 is 11.8 Å². The Hall–Kier alpha value is -1.30. The summed E-state index contributed by atoms with van der Waals surface area (Å²) in [4.78, 5) is 4.44. The van der Waals surface area contributed by atoms with Crippen molar-refractivity contribution in [2.45, 2.75) is 55.9 Å². The van der Waals surface area contributed by atoms with E-state index in [1.54, 1.807) is 11.8 Å². The first kappa shape index (κ1) is 12.4. The Labute approximate surface area is 121 Å². The van der Waals surface area contributed by atoms with Crippen molar-refractivity contribution in [1.29, 1.82) is 0 Å². The number of aryl methyl sites for hydroxylation is 1. The molecular weight excluding hydrogens is 274 g/mol. The second-order valence-corrected chi connectivity index (χ2v) is 6.54. The van der Waals surface area contributed by atoms with Crippen molar-refractivity contribution in [1.82, 2.24) is 15.3 Å². The Kier molecular flexibility index (Phi) is 3.26. The van der Waals surface area contributed by atoms with E-state index in [-0.39, 0.29) is 0 Å². The molecule has 0 saturated heterocycles. The highest BCUT2D eigenvalue weighted by Crippen LogP contribution is 2.39. The minimum atomic E-state index is 0.531. The van der Waals surface area contributed by atoms with Crippen LogP contribution in [0.3, 0.4) is 0 Å². The van der Waals surface area contributed by atoms with Crippen LogP contribution in [0, 0.1) is 0 Å². The summed E-state index contributed by atoms with van der Waals surface area (Å²) in [5, 5.41) is 8.25. The second kappa shape index (κ2) is 5.24. The lowest BCUT2D eigenvalue weighted by atomic mass is 9.97. The molecule has 0 aromatic carbocycles. The van der Waals surface area contributed by atoms with E-state index in [0.29, 0.717) is 5.92 Å². The molecule has 2 aromatic heterocycles. The summed E-state index contributed by atoms with van der Waals surface area (Å²) in [5.41, 5.74) is 2.45. The fraction of sp³-hybridized carbons (Fsp3) is 0.643. The lowest BCUT2D eigenvalue weighted by Gasteiger charge is -2.08. The fourth-order valence-electron chi connectivity index (χ4n) is 2.62. The van der Waals surface area contributed by atoms with Crippen LogP contribution in [0.2, 0.25) is 0 Å². The minimum Gasteiger partial charge on any atom is -0.361 e. The smallest absolute Gasteiger partial charge is 0.229 e. The molecule has 6 heteroatoms. The molecule has 5 nitrogen and oxygen atoms in total. The summed E-state index contributed by atoms with van der Waals surface area (Å²) in [6, 6.07) is 0. The number of nitrogens with zero attached hydrogens (tertiary/aromatic N) is 3. The lowest BCUT2D eigenvalue weighted by molar-refractivity contribution is 0.369. The predicted molar refractivity (Wildman–Crippen MR) is 74.4 cm³/mol. The van der Waals surface area contributed by atoms with Gasteiger partial charge in [-0.1, -0.05) is 10.3 Å². The van der Waals surface area contributed by atoms with Gasteiger partial charge in [0.05, 0.1) is 11.4 Å². The van der Waals surface area contributed by atoms with Gasteiger partial charge < -0.3 is 9.05 Å². The van der Waals surface area contributed by atoms with Crippen molar-refractivity contribution in [2.75, 3.05) is 0 Å². The van der Waals surface area contributed by atoms with Gasteiger partial charge in [0.25, 0.3) is 0 Å². The van der Waals surface area contributed by atoms with Gasteiger partial charge in [0, 0.05) is 23.7 Å². The van der Waals surface area contributed by atoms with Crippen LogP contribution in [0.1, 0.15) is 60.3 Å². The number of aromatic nitrogens is 3. The largest absolute Gasteiger partial charge is 0.361 e. The number of fused-ring (bicyclic) bond motifs is 1. The Balaban J connectivity index is 1.34. The highest BCUT2D eigenvalue weighted by molar-refractivity contribution is 7.97. The van der Waals surface area contributed by atoms with Crippen molar-refractivity contribution in [3.05, 3.63) is 28.7 Å². The first-order valence-corrected chi connectivity index (χ1v) is 8.42. The molecule has 0 atom stereocenters. The van der Waals surface area contributed by atoms with E-state index in [0.717, 1.165) is 47.5 Å². The van der Waals surface area contributed by atoms with E-state index in [1.165, 1.54) is 31.2 Å². The quantitative estimate of drug-likeness (QED) is 0.842. The van der Waals surface area contributed by atoms with Crippen LogP contribution in [0.15, 0.2) is 9.05 Å². The Morgan fingerprint density at radius 1 is 1.05 bits per heavy atom. The third-order valence-electron chi connectivity index (χ3n) is 3.91. The monoisotopic (exact) mass is 291 g/mol. The van der Waals surface area contributed by atoms with Gasteiger partial charge in [-0.2, -0.15) is 4.98 Å². The Morgan fingerprint density at radius 2 is 1.95 bits per heavy atom. The number of hydrogen-bond donors (Lipinski definition) is 0. The molecule has 0 spiro atoms. The van der Waals surface area contributed by atoms with Gasteiger partial charge in [0.2, 0.25) is 5.89 Å². The van der Waals surface area contributed by atoms with Gasteiger partial charge >= 0.3 is 0 Å². The summed E-state index contributed by atoms with van der Waals surface area (Å²) in [5.74, 6) is 4.89. The third-order valence-corrected chi connectivity index (χ3v) is 4.85. The summed E-state index contributed by atoms with van der Waals surface area (Å²) in [6.07, 6.45) is 7.02. The minimum absolute atomic E-state index is 0.531. The van der Waals surface area contributed by atoms with E-state index in [1.807, 2.05) is 0 Å². The zero-order chi connectivity index (χ0) is 13.4. The number of rotatable bonds is 5. The number of hydrogen-bond acceptors (Lipinski definition) is 6. The normalized spacial score (nSPS) is 18.2. The molecule has 4 rings (SSSR count). The lowest BCUT2D eigenvalue weighted by Crippen LogP contribution is -2.01. The van der Waals surface area contributed by atoms with Crippen molar-refractivity contribution in [2.24, 2.45) is 0 Å². The average Bonchev–Trinajstić information content (AvgIpc) is 3.09. The summed E-state index contributed by atoms with van der Waals surface area (Å²) < 4.78 is 10.7. The molecule has 0 amide bonds. The zero-order valence-corrected chi connectivity index (χ0v) is 12.1. The van der Waals surface area contributed by atoms with Crippen molar-refractivity contribution in [3.8, 4) is 0 Å². The molecule has 1 fully saturated rings. The topological polar surface area (TPSA) is 65.0 Å². The van der Waals surface area contributed by atoms with E-state index in [2.05, 4.69) is 15.3 Å². The van der Waals surface area contributed by atoms with E-state index in [9.17, 15) is 0 Å². The molecule has 1 saturated carbocycles. The van der Waals surface area contributed by atoms with Crippen LogP contribution in [-0.4, -0.2) is 15.3 Å². The molecule has 0 unspecified atom stereocenters. The molecule has 0 radical (unpaired) electrons. The SMILES string of the molecule is C1CCc2c(CSCc3noc(C4CC4)n3)noc2C1. The third kappa shape index (κ3) is 2.49. The Bertz CT molecular complexity index is 603. The van der Waals surface area contributed by atoms with Gasteiger partial charge in [-0.05, 0) is 32.1 Å². The molecule has 0 aliphatic heterocycles. The average molecular weight is 291 g/mol. The second-order valence-electron chi connectivity index (χ2n) is 5.55. The highest BCUT2D eigenvalue weighted by Gasteiger charge is 2.29. The first-order valence-electron chi connectivity index (χ1n) is 7.26.